The molecule has 5 aromatic carbocycles. The molecular weight excluding hydrogens is 799 g/mol. The molecule has 3 heterocycles. The highest BCUT2D eigenvalue weighted by Gasteiger charge is 2.49. The lowest BCUT2D eigenvalue weighted by Crippen LogP contribution is -2.61. The summed E-state index contributed by atoms with van der Waals surface area (Å²) < 4.78 is 7.56. The minimum Gasteiger partial charge on any atom is -0.468 e. The molecular formula is C59H68BClN2O. The zero-order valence-electron chi connectivity index (χ0n) is 41.4. The highest BCUT2D eigenvalue weighted by molar-refractivity contribution is 7.00. The average molecular weight is 867 g/mol. The summed E-state index contributed by atoms with van der Waals surface area (Å²) in [6.45, 7) is 36.1. The van der Waals surface area contributed by atoms with Crippen LogP contribution in [0.4, 0.5) is 34.1 Å². The van der Waals surface area contributed by atoms with Gasteiger partial charge in [0.15, 0.2) is 0 Å². The minimum atomic E-state index is -0.132. The van der Waals surface area contributed by atoms with E-state index in [0.717, 1.165) is 47.6 Å². The number of aryl methyl sites for hydroxylation is 3. The Morgan fingerprint density at radius 3 is 1.39 bits per heavy atom. The van der Waals surface area contributed by atoms with Crippen LogP contribution >= 0.6 is 11.6 Å². The Morgan fingerprint density at radius 2 is 0.891 bits per heavy atom. The summed E-state index contributed by atoms with van der Waals surface area (Å²) in [5, 5.41) is 1.95. The molecule has 2 aliphatic heterocycles. The Labute approximate surface area is 389 Å². The fourth-order valence-corrected chi connectivity index (χ4v) is 13.2. The van der Waals surface area contributed by atoms with E-state index < -0.39 is 0 Å². The van der Waals surface area contributed by atoms with Crippen molar-refractivity contribution in [3.05, 3.63) is 122 Å². The summed E-state index contributed by atoms with van der Waals surface area (Å²) in [6, 6.07) is 26.7. The second-order valence-electron chi connectivity index (χ2n) is 24.9. The van der Waals surface area contributed by atoms with E-state index >= 15 is 0 Å². The highest BCUT2D eigenvalue weighted by atomic mass is 35.5. The maximum atomic E-state index is 7.56. The van der Waals surface area contributed by atoms with Gasteiger partial charge < -0.3 is 14.2 Å². The number of halogens is 1. The lowest BCUT2D eigenvalue weighted by molar-refractivity contribution is 0.332. The van der Waals surface area contributed by atoms with Crippen LogP contribution < -0.4 is 26.4 Å². The van der Waals surface area contributed by atoms with Gasteiger partial charge in [-0.15, -0.1) is 0 Å². The van der Waals surface area contributed by atoms with Crippen molar-refractivity contribution in [1.29, 1.82) is 0 Å². The molecule has 11 rings (SSSR count). The van der Waals surface area contributed by atoms with Crippen molar-refractivity contribution >= 4 is 80.0 Å². The van der Waals surface area contributed by atoms with Gasteiger partial charge >= 0.3 is 0 Å². The molecule has 0 atom stereocenters. The van der Waals surface area contributed by atoms with Crippen LogP contribution in [0.25, 0.3) is 11.0 Å². The van der Waals surface area contributed by atoms with Crippen LogP contribution in [0.5, 0.6) is 0 Å². The molecule has 0 spiro atoms. The molecule has 0 saturated carbocycles. The van der Waals surface area contributed by atoms with Crippen LogP contribution in [-0.2, 0) is 32.5 Å². The Hall–Kier alpha value is -4.41. The van der Waals surface area contributed by atoms with Crippen LogP contribution in [0.3, 0.4) is 0 Å². The summed E-state index contributed by atoms with van der Waals surface area (Å²) in [7, 11) is 0. The standard InChI is InChI=1S/C59H68BClN2O/c1-33-24-48-51-49(25-33)63(46-31-42-39(27-35(46)3)55(6,7)19-22-58(42,12)13)52-37-29-40-43(59(14,15)23-20-56(40,8)9)32-50(37)64-53(52)60(51)44-17-16-36(61)28-47(44)62(48)45-30-41-38(26-34(45)2)54(4,5)18-21-57(41,10)11/h16-17,24-32H,18-23H2,1-15H3. The molecule has 0 radical (unpaired) electrons. The molecule has 0 fully saturated rings. The monoisotopic (exact) mass is 867 g/mol. The average Bonchev–Trinajstić information content (AvgIpc) is 3.58. The minimum absolute atomic E-state index is 0.0485. The van der Waals surface area contributed by atoms with E-state index in [0.29, 0.717) is 0 Å². The van der Waals surface area contributed by atoms with Gasteiger partial charge in [0.05, 0.1) is 11.3 Å². The van der Waals surface area contributed by atoms with Crippen molar-refractivity contribution in [2.75, 3.05) is 9.80 Å². The van der Waals surface area contributed by atoms with Crippen molar-refractivity contribution in [3.63, 3.8) is 0 Å². The Morgan fingerprint density at radius 1 is 0.469 bits per heavy atom. The summed E-state index contributed by atoms with van der Waals surface area (Å²) in [4.78, 5) is 5.21. The normalized spacial score (nSPS) is 21.1. The van der Waals surface area contributed by atoms with Gasteiger partial charge in [0.2, 0.25) is 0 Å². The van der Waals surface area contributed by atoms with Gasteiger partial charge in [-0.05, 0) is 201 Å². The molecule has 64 heavy (non-hydrogen) atoms. The molecule has 5 heteroatoms. The third-order valence-electron chi connectivity index (χ3n) is 17.6. The summed E-state index contributed by atoms with van der Waals surface area (Å²) in [5.41, 5.74) is 24.8. The number of hydrogen-bond acceptors (Lipinski definition) is 3. The van der Waals surface area contributed by atoms with Crippen LogP contribution in [-0.4, -0.2) is 6.71 Å². The van der Waals surface area contributed by atoms with Crippen molar-refractivity contribution in [2.45, 2.75) is 175 Å². The number of fused-ring (bicyclic) bond motifs is 9. The highest BCUT2D eigenvalue weighted by Crippen LogP contribution is 2.55. The van der Waals surface area contributed by atoms with Gasteiger partial charge in [0.25, 0.3) is 6.71 Å². The smallest absolute Gasteiger partial charge is 0.297 e. The maximum Gasteiger partial charge on any atom is 0.297 e. The Kier molecular flexibility index (Phi) is 8.68. The van der Waals surface area contributed by atoms with Crippen molar-refractivity contribution in [2.24, 2.45) is 0 Å². The first-order valence-corrected chi connectivity index (χ1v) is 24.7. The number of furan rings is 1. The van der Waals surface area contributed by atoms with Gasteiger partial charge in [0.1, 0.15) is 5.58 Å². The zero-order valence-corrected chi connectivity index (χ0v) is 42.1. The fourth-order valence-electron chi connectivity index (χ4n) is 13.1. The summed E-state index contributed by atoms with van der Waals surface area (Å²) in [6.07, 6.45) is 7.01. The van der Waals surface area contributed by atoms with Crippen LogP contribution in [0, 0.1) is 20.8 Å². The van der Waals surface area contributed by atoms with Gasteiger partial charge in [-0.1, -0.05) is 113 Å². The molecule has 3 nitrogen and oxygen atoms in total. The Bertz CT molecular complexity index is 3030. The predicted molar refractivity (Wildman–Crippen MR) is 275 cm³/mol. The molecule has 0 unspecified atom stereocenters. The second kappa shape index (κ2) is 13.1. The van der Waals surface area contributed by atoms with Crippen molar-refractivity contribution in [3.8, 4) is 0 Å². The number of benzene rings is 5. The molecule has 3 aliphatic carbocycles. The summed E-state index contributed by atoms with van der Waals surface area (Å²) >= 11 is 7.12. The van der Waals surface area contributed by atoms with Gasteiger partial charge in [-0.25, -0.2) is 0 Å². The summed E-state index contributed by atoms with van der Waals surface area (Å²) in [5.74, 6) is 0. The first kappa shape index (κ1) is 42.2. The molecule has 5 aliphatic rings. The molecule has 6 aromatic rings. The third-order valence-corrected chi connectivity index (χ3v) is 17.8. The van der Waals surface area contributed by atoms with E-state index in [-0.39, 0.29) is 39.2 Å². The van der Waals surface area contributed by atoms with E-state index in [1.165, 1.54) is 108 Å². The lowest BCUT2D eigenvalue weighted by atomic mass is 9.35. The second-order valence-corrected chi connectivity index (χ2v) is 25.3. The molecule has 1 aromatic heterocycles. The molecule has 0 saturated heterocycles. The Balaban J connectivity index is 1.26. The topological polar surface area (TPSA) is 19.6 Å². The van der Waals surface area contributed by atoms with E-state index in [4.69, 9.17) is 16.0 Å². The van der Waals surface area contributed by atoms with E-state index in [9.17, 15) is 0 Å². The van der Waals surface area contributed by atoms with E-state index in [1.807, 2.05) is 0 Å². The fraction of sp³-hybridized carbons (Fsp3) is 0.458. The van der Waals surface area contributed by atoms with Gasteiger partial charge in [-0.3, -0.25) is 0 Å². The number of rotatable bonds is 2. The number of anilines is 6. The van der Waals surface area contributed by atoms with Gasteiger partial charge in [0, 0.05) is 38.8 Å². The maximum absolute atomic E-state index is 7.56. The van der Waals surface area contributed by atoms with Crippen LogP contribution in [0.1, 0.15) is 172 Å². The third kappa shape index (κ3) is 5.85. The first-order valence-electron chi connectivity index (χ1n) is 24.3. The molecule has 330 valence electrons. The van der Waals surface area contributed by atoms with Crippen molar-refractivity contribution in [1.82, 2.24) is 0 Å². The first-order chi connectivity index (χ1) is 29.8. The number of nitrogens with zero attached hydrogens (tertiary/aromatic N) is 2. The molecule has 0 N–H and O–H groups in total. The molecule has 0 bridgehead atoms. The predicted octanol–water partition coefficient (Wildman–Crippen LogP) is 15.1. The quantitative estimate of drug-likeness (QED) is 0.161. The van der Waals surface area contributed by atoms with Gasteiger partial charge in [-0.2, -0.15) is 0 Å². The lowest BCUT2D eigenvalue weighted by Gasteiger charge is -2.46. The number of hydrogen-bond donors (Lipinski definition) is 0. The SMILES string of the molecule is Cc1cc2c3c(c1)N(c1cc4c(cc1C)C(C)(C)CCC4(C)C)c1c(oc4cc5c(cc14)C(C)(C)CCC5(C)C)B3c1ccc(Cl)cc1N2c1cc2c(cc1C)C(C)(C)CCC2(C)C. The van der Waals surface area contributed by atoms with E-state index in [2.05, 4.69) is 180 Å². The van der Waals surface area contributed by atoms with Crippen LogP contribution in [0.2, 0.25) is 5.02 Å². The zero-order chi connectivity index (χ0) is 45.6. The largest absolute Gasteiger partial charge is 0.468 e. The molecule has 0 amide bonds. The van der Waals surface area contributed by atoms with Crippen molar-refractivity contribution < 1.29 is 4.42 Å². The van der Waals surface area contributed by atoms with Crippen LogP contribution in [0.15, 0.2) is 71.1 Å². The van der Waals surface area contributed by atoms with E-state index in [1.54, 1.807) is 0 Å².